The molecule has 24 atom stereocenters. The highest BCUT2D eigenvalue weighted by atomic mass is 19.2. The molecule has 10 rings (SSSR count). The minimum absolute atomic E-state index is 0.00257. The lowest BCUT2D eigenvalue weighted by Gasteiger charge is -2.49. The van der Waals surface area contributed by atoms with Crippen molar-refractivity contribution in [3.05, 3.63) is 71.3 Å². The second-order valence-electron chi connectivity index (χ2n) is 26.3. The van der Waals surface area contributed by atoms with Gasteiger partial charge in [0.15, 0.2) is 48.0 Å². The third-order valence-electron chi connectivity index (χ3n) is 19.6. The van der Waals surface area contributed by atoms with Crippen LogP contribution in [-0.2, 0) is 52.3 Å². The van der Waals surface area contributed by atoms with Crippen molar-refractivity contribution >= 4 is 23.5 Å². The molecular formula is C64H86F5N9O20. The van der Waals surface area contributed by atoms with Crippen LogP contribution in [-0.4, -0.2) is 254 Å². The summed E-state index contributed by atoms with van der Waals surface area (Å²) < 4.78 is 118. The first-order valence-electron chi connectivity index (χ1n) is 33.1. The largest absolute Gasteiger partial charge is 0.394 e. The summed E-state index contributed by atoms with van der Waals surface area (Å²) in [6, 6.07) is -0.560. The number of Topliss-reactive ketones (excluding diaryl/α,β-unsaturated/α-hetero) is 1. The van der Waals surface area contributed by atoms with E-state index in [1.54, 1.807) is 4.90 Å². The molecule has 2 aromatic heterocycles. The molecule has 34 heteroatoms. The van der Waals surface area contributed by atoms with Gasteiger partial charge in [0.25, 0.3) is 5.91 Å². The SMILES string of the molecule is CCC[C@H](OC1C(NC(C)=O)[C@H](O[C@@H]2CC(C(=O)CCCNC(=O)[C@H]3CC(n4cc(-c5cc(F)c(F)c(F)c5)nn4)C(O)[C@H](O[C@@H]4OC(CO)[C@H](O)[C@@H](n5cc(-c6cc(C)c(F)c(F)c6)nn5)C4O)C3)C[C@@H](CC)C2O[C@@H]2OC(C)[C@@H](O)[C@H](O)C2O)O[C@@H](CO)[C@@H]1O)C(=O)N1CCC1. The maximum Gasteiger partial charge on any atom is 0.251 e. The van der Waals surface area contributed by atoms with Crippen LogP contribution in [0.1, 0.15) is 110 Å². The van der Waals surface area contributed by atoms with Gasteiger partial charge in [-0.25, -0.2) is 31.3 Å². The van der Waals surface area contributed by atoms with E-state index in [0.29, 0.717) is 38.1 Å². The first-order valence-corrected chi connectivity index (χ1v) is 33.1. The van der Waals surface area contributed by atoms with E-state index in [2.05, 4.69) is 31.3 Å². The topological polar surface area (TPSA) is 404 Å². The van der Waals surface area contributed by atoms with E-state index < -0.39 is 200 Å². The van der Waals surface area contributed by atoms with Crippen molar-refractivity contribution in [2.75, 3.05) is 32.8 Å². The molecule has 6 fully saturated rings. The molecule has 4 saturated heterocycles. The average molecular weight is 1400 g/mol. The number of nitrogens with zero attached hydrogens (tertiary/aromatic N) is 7. The standard InChI is InChI=1S/C64H86F5N9O20/c1-6-10-42(61(91)76-13-9-14-76)93-59-49(71-29(5)81)62(96-46(26-80)54(59)86)95-44-21-33(16-30(7-2)58(44)98-64-57(89)56(88)51(83)28(4)92-64)41(82)11-8-12-70-60(90)34-20-40(77-23-38(72-74-77)32-18-36(66)48(69)37(67)19-32)52(84)43(22-34)94-63-55(87)50(53(85)45(25-79)97-63)78-24-39(73-75-78)31-15-27(3)47(68)35(65)17-31/h15,17-19,23-24,28,30,33-34,40,42-46,49-59,62-64,79-80,83-89H,6-14,16,20-22,25-26H2,1-5H3,(H,70,90)(H,71,81)/t28?,30-,33?,34+,40?,42+,43-,44-,45?,46+,49?,50-,51-,52?,53+,54+,55?,56+,57?,58?,59?,62-,63-,64+/m1/s1. The number of benzene rings is 2. The molecule has 4 aliphatic heterocycles. The van der Waals surface area contributed by atoms with E-state index in [-0.39, 0.29) is 91.3 Å². The van der Waals surface area contributed by atoms with Crippen molar-refractivity contribution < 1.29 is 120 Å². The molecule has 10 unspecified atom stereocenters. The summed E-state index contributed by atoms with van der Waals surface area (Å²) >= 11 is 0. The lowest BCUT2D eigenvalue weighted by atomic mass is 9.74. The Morgan fingerprint density at radius 1 is 0.673 bits per heavy atom. The Morgan fingerprint density at radius 3 is 1.90 bits per heavy atom. The van der Waals surface area contributed by atoms with Gasteiger partial charge in [-0.2, -0.15) is 0 Å². The molecular weight excluding hydrogens is 1310 g/mol. The highest BCUT2D eigenvalue weighted by Gasteiger charge is 2.54. The number of halogens is 5. The van der Waals surface area contributed by atoms with E-state index in [1.807, 2.05) is 13.8 Å². The van der Waals surface area contributed by atoms with Gasteiger partial charge in [-0.05, 0) is 94.5 Å². The normalized spacial score (nSPS) is 34.8. The maximum atomic E-state index is 14.6. The predicted octanol–water partition coefficient (Wildman–Crippen LogP) is 0.454. The van der Waals surface area contributed by atoms with Gasteiger partial charge in [-0.3, -0.25) is 19.2 Å². The van der Waals surface area contributed by atoms with Crippen LogP contribution in [0.5, 0.6) is 0 Å². The van der Waals surface area contributed by atoms with Gasteiger partial charge in [0.2, 0.25) is 11.8 Å². The molecule has 6 aliphatic rings. The van der Waals surface area contributed by atoms with Crippen LogP contribution in [0.15, 0.2) is 36.7 Å². The van der Waals surface area contributed by atoms with Crippen LogP contribution in [0, 0.1) is 53.8 Å². The Morgan fingerprint density at radius 2 is 1.28 bits per heavy atom. The molecule has 0 radical (unpaired) electrons. The second kappa shape index (κ2) is 32.2. The fourth-order valence-electron chi connectivity index (χ4n) is 13.9. The number of aliphatic hydroxyl groups is 9. The van der Waals surface area contributed by atoms with E-state index in [4.69, 9.17) is 33.2 Å². The predicted molar refractivity (Wildman–Crippen MR) is 325 cm³/mol. The number of ether oxygens (including phenoxy) is 7. The monoisotopic (exact) mass is 1400 g/mol. The van der Waals surface area contributed by atoms with Crippen LogP contribution in [0.2, 0.25) is 0 Å². The Balaban J connectivity index is 0.865. The molecule has 29 nitrogen and oxygen atoms in total. The van der Waals surface area contributed by atoms with Gasteiger partial charge in [-0.1, -0.05) is 37.1 Å². The quantitative estimate of drug-likeness (QED) is 0.0244. The molecule has 11 N–H and O–H groups in total. The molecule has 98 heavy (non-hydrogen) atoms. The summed E-state index contributed by atoms with van der Waals surface area (Å²) in [5, 5.41) is 122. The van der Waals surface area contributed by atoms with Crippen LogP contribution in [0.25, 0.3) is 22.5 Å². The van der Waals surface area contributed by atoms with Crippen molar-refractivity contribution in [2.24, 2.45) is 17.8 Å². The van der Waals surface area contributed by atoms with Gasteiger partial charge in [0.05, 0.1) is 56.1 Å². The highest BCUT2D eigenvalue weighted by Crippen LogP contribution is 2.43. The van der Waals surface area contributed by atoms with Crippen molar-refractivity contribution in [3.63, 3.8) is 0 Å². The van der Waals surface area contributed by atoms with Gasteiger partial charge >= 0.3 is 0 Å². The number of hydrogen-bond donors (Lipinski definition) is 11. The van der Waals surface area contributed by atoms with Crippen LogP contribution in [0.3, 0.4) is 0 Å². The molecule has 2 aliphatic carbocycles. The Kier molecular flexibility index (Phi) is 24.5. The summed E-state index contributed by atoms with van der Waals surface area (Å²) in [5.74, 6) is -11.4. The fraction of sp³-hybridized carbons (Fsp3) is 0.688. The third kappa shape index (κ3) is 16.1. The van der Waals surface area contributed by atoms with Crippen LogP contribution < -0.4 is 10.6 Å². The molecule has 2 aromatic carbocycles. The lowest BCUT2D eigenvalue weighted by Crippen LogP contribution is -2.67. The van der Waals surface area contributed by atoms with Crippen molar-refractivity contribution in [1.82, 2.24) is 45.5 Å². The van der Waals surface area contributed by atoms with Crippen LogP contribution in [0.4, 0.5) is 22.0 Å². The van der Waals surface area contributed by atoms with Crippen molar-refractivity contribution in [2.45, 2.75) is 227 Å². The maximum absolute atomic E-state index is 14.6. The van der Waals surface area contributed by atoms with E-state index in [1.165, 1.54) is 39.2 Å². The molecule has 0 spiro atoms. The number of rotatable bonds is 25. The highest BCUT2D eigenvalue weighted by molar-refractivity contribution is 5.82. The van der Waals surface area contributed by atoms with Gasteiger partial charge in [0.1, 0.15) is 96.4 Å². The van der Waals surface area contributed by atoms with Gasteiger partial charge in [-0.15, -0.1) is 10.2 Å². The number of likely N-dealkylation sites (tertiary alicyclic amines) is 1. The fourth-order valence-corrected chi connectivity index (χ4v) is 13.9. The molecule has 4 aromatic rings. The number of carbonyl (C=O) groups excluding carboxylic acids is 4. The smallest absolute Gasteiger partial charge is 0.251 e. The number of aryl methyl sites for hydroxylation is 1. The zero-order valence-electron chi connectivity index (χ0n) is 54.5. The Bertz CT molecular complexity index is 3370. The summed E-state index contributed by atoms with van der Waals surface area (Å²) in [7, 11) is 0. The zero-order chi connectivity index (χ0) is 70.7. The number of aromatic nitrogens is 6. The lowest BCUT2D eigenvalue weighted by molar-refractivity contribution is -0.338. The Hall–Kier alpha value is -6.19. The summed E-state index contributed by atoms with van der Waals surface area (Å²) in [5.41, 5.74) is -0.355. The Labute approximate surface area is 559 Å². The summed E-state index contributed by atoms with van der Waals surface area (Å²) in [6.07, 6.45) is -23.0. The molecule has 6 heterocycles. The van der Waals surface area contributed by atoms with E-state index in [0.717, 1.165) is 21.9 Å². The average Bonchev–Trinajstić information content (AvgIpc) is 1.10. The number of hydrogen-bond acceptors (Lipinski definition) is 24. The number of ketones is 1. The summed E-state index contributed by atoms with van der Waals surface area (Å²) in [6.45, 7) is 6.94. The molecule has 0 bridgehead atoms. The van der Waals surface area contributed by atoms with Gasteiger partial charge in [0, 0.05) is 55.9 Å². The number of aliphatic hydroxyl groups excluding tert-OH is 9. The number of carbonyl (C=O) groups is 4. The van der Waals surface area contributed by atoms with E-state index in [9.17, 15) is 87.1 Å². The molecule has 2 saturated carbocycles. The second-order valence-corrected chi connectivity index (χ2v) is 26.3. The van der Waals surface area contributed by atoms with Crippen molar-refractivity contribution in [3.8, 4) is 22.5 Å². The zero-order valence-corrected chi connectivity index (χ0v) is 54.5. The van der Waals surface area contributed by atoms with Crippen molar-refractivity contribution in [1.29, 1.82) is 0 Å². The minimum Gasteiger partial charge on any atom is -0.394 e. The first kappa shape index (κ1) is 74.5. The third-order valence-corrected chi connectivity index (χ3v) is 19.6. The minimum atomic E-state index is -1.88. The first-order chi connectivity index (χ1) is 46.7. The van der Waals surface area contributed by atoms with E-state index >= 15 is 0 Å². The van der Waals surface area contributed by atoms with Crippen LogP contribution >= 0.6 is 0 Å². The number of nitrogens with one attached hydrogen (secondary N) is 2. The van der Waals surface area contributed by atoms with Gasteiger partial charge < -0.3 is 94.7 Å². The molecule has 3 amide bonds. The number of amides is 3. The molecule has 542 valence electrons. The summed E-state index contributed by atoms with van der Waals surface area (Å²) in [4.78, 5) is 57.4.